The van der Waals surface area contributed by atoms with Crippen LogP contribution in [0.5, 0.6) is 0 Å². The van der Waals surface area contributed by atoms with E-state index in [0.29, 0.717) is 6.42 Å². The lowest BCUT2D eigenvalue weighted by Gasteiger charge is -2.19. The lowest BCUT2D eigenvalue weighted by molar-refractivity contribution is -0.123. The van der Waals surface area contributed by atoms with Crippen molar-refractivity contribution in [2.75, 3.05) is 6.61 Å². The Morgan fingerprint density at radius 1 is 0.463 bits per heavy atom. The van der Waals surface area contributed by atoms with Crippen LogP contribution in [0.3, 0.4) is 0 Å². The number of hydrogen-bond donors (Lipinski definition) is 3. The van der Waals surface area contributed by atoms with Gasteiger partial charge >= 0.3 is 0 Å². The molecule has 0 bridgehead atoms. The predicted molar refractivity (Wildman–Crippen MR) is 239 cm³/mol. The van der Waals surface area contributed by atoms with Crippen LogP contribution >= 0.6 is 0 Å². The van der Waals surface area contributed by atoms with E-state index >= 15 is 0 Å². The Morgan fingerprint density at radius 2 is 0.833 bits per heavy atom. The maximum absolute atomic E-state index is 12.4. The highest BCUT2D eigenvalue weighted by Crippen LogP contribution is 2.15. The monoisotopic (exact) mass is 752 g/mol. The molecule has 3 N–H and O–H groups in total. The van der Waals surface area contributed by atoms with Crippen LogP contribution in [0.15, 0.2) is 72.9 Å². The molecule has 4 heteroatoms. The molecule has 0 fully saturated rings. The maximum Gasteiger partial charge on any atom is 0.220 e. The highest BCUT2D eigenvalue weighted by molar-refractivity contribution is 5.76. The normalized spacial score (nSPS) is 13.6. The summed E-state index contributed by atoms with van der Waals surface area (Å²) in [6.45, 7) is 4.18. The highest BCUT2D eigenvalue weighted by atomic mass is 16.3. The fourth-order valence-corrected chi connectivity index (χ4v) is 6.66. The lowest BCUT2D eigenvalue weighted by Crippen LogP contribution is -2.45. The van der Waals surface area contributed by atoms with Gasteiger partial charge in [-0.1, -0.05) is 215 Å². The summed E-state index contributed by atoms with van der Waals surface area (Å²) in [7, 11) is 0. The first-order chi connectivity index (χ1) is 26.7. The molecule has 0 rings (SSSR count). The first kappa shape index (κ1) is 51.8. The Balaban J connectivity index is 3.57. The molecule has 54 heavy (non-hydrogen) atoms. The van der Waals surface area contributed by atoms with Crippen molar-refractivity contribution in [1.82, 2.24) is 5.32 Å². The van der Waals surface area contributed by atoms with Crippen molar-refractivity contribution in [2.24, 2.45) is 0 Å². The zero-order valence-electron chi connectivity index (χ0n) is 35.7. The molecular weight excluding hydrogens is 663 g/mol. The molecule has 0 radical (unpaired) electrons. The fraction of sp³-hybridized carbons (Fsp3) is 0.740. The molecule has 1 amide bonds. The Labute approximate surface area is 336 Å². The van der Waals surface area contributed by atoms with Crippen LogP contribution in [0.1, 0.15) is 219 Å². The summed E-state index contributed by atoms with van der Waals surface area (Å²) in [4.78, 5) is 12.4. The number of nitrogens with one attached hydrogen (secondary N) is 1. The molecule has 2 atom stereocenters. The Hall–Kier alpha value is -2.17. The summed E-state index contributed by atoms with van der Waals surface area (Å²) >= 11 is 0. The number of unbranched alkanes of at least 4 members (excludes halogenated alkanes) is 24. The summed E-state index contributed by atoms with van der Waals surface area (Å²) in [5, 5.41) is 23.0. The molecule has 0 spiro atoms. The van der Waals surface area contributed by atoms with Crippen molar-refractivity contribution in [1.29, 1.82) is 0 Å². The Kier molecular flexibility index (Phi) is 43.4. The van der Waals surface area contributed by atoms with Crippen LogP contribution in [-0.4, -0.2) is 34.9 Å². The van der Waals surface area contributed by atoms with Gasteiger partial charge in [0.05, 0.1) is 18.8 Å². The second-order valence-electron chi connectivity index (χ2n) is 15.4. The Morgan fingerprint density at radius 3 is 1.30 bits per heavy atom. The molecule has 0 aromatic rings. The van der Waals surface area contributed by atoms with Gasteiger partial charge in [-0.25, -0.2) is 0 Å². The third kappa shape index (κ3) is 41.0. The van der Waals surface area contributed by atoms with Crippen LogP contribution in [0.4, 0.5) is 0 Å². The van der Waals surface area contributed by atoms with E-state index < -0.39 is 12.1 Å². The van der Waals surface area contributed by atoms with Crippen molar-refractivity contribution < 1.29 is 15.0 Å². The zero-order chi connectivity index (χ0) is 39.3. The Bertz CT molecular complexity index is 946. The second-order valence-corrected chi connectivity index (χ2v) is 15.4. The van der Waals surface area contributed by atoms with Crippen molar-refractivity contribution in [2.45, 2.75) is 231 Å². The van der Waals surface area contributed by atoms with Gasteiger partial charge in [-0.05, 0) is 70.6 Å². The summed E-state index contributed by atoms with van der Waals surface area (Å²) < 4.78 is 0. The summed E-state index contributed by atoms with van der Waals surface area (Å²) in [5.41, 5.74) is 0. The molecular formula is C50H89NO3. The van der Waals surface area contributed by atoms with E-state index in [9.17, 15) is 15.0 Å². The largest absolute Gasteiger partial charge is 0.394 e. The van der Waals surface area contributed by atoms with Crippen LogP contribution in [0, 0.1) is 0 Å². The quantitative estimate of drug-likeness (QED) is 0.0430. The third-order valence-corrected chi connectivity index (χ3v) is 10.2. The number of aliphatic hydroxyl groups is 2. The topological polar surface area (TPSA) is 69.6 Å². The third-order valence-electron chi connectivity index (χ3n) is 10.2. The minimum absolute atomic E-state index is 0.0771. The second kappa shape index (κ2) is 45.2. The summed E-state index contributed by atoms with van der Waals surface area (Å²) in [5.74, 6) is -0.0771. The van der Waals surface area contributed by atoms with E-state index in [2.05, 4.69) is 79.9 Å². The zero-order valence-corrected chi connectivity index (χ0v) is 35.7. The lowest BCUT2D eigenvalue weighted by atomic mass is 10.0. The van der Waals surface area contributed by atoms with E-state index in [1.54, 1.807) is 6.08 Å². The number of carbonyl (C=O) groups is 1. The average Bonchev–Trinajstić information content (AvgIpc) is 3.18. The van der Waals surface area contributed by atoms with E-state index in [1.165, 1.54) is 141 Å². The van der Waals surface area contributed by atoms with Crippen molar-refractivity contribution >= 4 is 5.91 Å². The first-order valence-corrected chi connectivity index (χ1v) is 23.2. The molecule has 0 saturated carbocycles. The number of rotatable bonds is 41. The highest BCUT2D eigenvalue weighted by Gasteiger charge is 2.17. The average molecular weight is 752 g/mol. The number of hydrogen-bond acceptors (Lipinski definition) is 3. The summed E-state index contributed by atoms with van der Waals surface area (Å²) in [6.07, 6.45) is 64.5. The SMILES string of the molecule is CC/C=C\C/C=C\C/C=C\C/C=C\CCCCCCCCCCCCCCCCC(=O)NC(CO)C(O)/C=C/CC/C=C/CCCCCCCCCCC. The van der Waals surface area contributed by atoms with Gasteiger partial charge in [0.25, 0.3) is 0 Å². The molecule has 0 aromatic carbocycles. The number of amides is 1. The minimum atomic E-state index is -0.864. The van der Waals surface area contributed by atoms with Crippen LogP contribution in [-0.2, 0) is 4.79 Å². The maximum atomic E-state index is 12.4. The van der Waals surface area contributed by atoms with Gasteiger partial charge in [0.15, 0.2) is 0 Å². The van der Waals surface area contributed by atoms with Crippen molar-refractivity contribution in [3.05, 3.63) is 72.9 Å². The van der Waals surface area contributed by atoms with Crippen LogP contribution in [0.2, 0.25) is 0 Å². The van der Waals surface area contributed by atoms with Gasteiger partial charge in [-0.2, -0.15) is 0 Å². The molecule has 0 aromatic heterocycles. The van der Waals surface area contributed by atoms with Crippen molar-refractivity contribution in [3.8, 4) is 0 Å². The minimum Gasteiger partial charge on any atom is -0.394 e. The van der Waals surface area contributed by atoms with Crippen LogP contribution < -0.4 is 5.32 Å². The van der Waals surface area contributed by atoms with Gasteiger partial charge in [0.1, 0.15) is 0 Å². The fourth-order valence-electron chi connectivity index (χ4n) is 6.66. The van der Waals surface area contributed by atoms with Gasteiger partial charge in [0, 0.05) is 6.42 Å². The van der Waals surface area contributed by atoms with Gasteiger partial charge in [0.2, 0.25) is 5.91 Å². The van der Waals surface area contributed by atoms with E-state index in [4.69, 9.17) is 0 Å². The van der Waals surface area contributed by atoms with Gasteiger partial charge in [-0.3, -0.25) is 4.79 Å². The van der Waals surface area contributed by atoms with Crippen LogP contribution in [0.25, 0.3) is 0 Å². The number of carbonyl (C=O) groups excluding carboxylic acids is 1. The molecule has 0 aliphatic heterocycles. The van der Waals surface area contributed by atoms with E-state index in [-0.39, 0.29) is 12.5 Å². The van der Waals surface area contributed by atoms with E-state index in [0.717, 1.165) is 57.8 Å². The molecule has 312 valence electrons. The number of aliphatic hydroxyl groups excluding tert-OH is 2. The molecule has 0 heterocycles. The molecule has 0 aliphatic rings. The molecule has 2 unspecified atom stereocenters. The summed E-state index contributed by atoms with van der Waals surface area (Å²) in [6, 6.07) is -0.641. The first-order valence-electron chi connectivity index (χ1n) is 23.2. The number of allylic oxidation sites excluding steroid dienone is 11. The van der Waals surface area contributed by atoms with Gasteiger partial charge < -0.3 is 15.5 Å². The van der Waals surface area contributed by atoms with Gasteiger partial charge in [-0.15, -0.1) is 0 Å². The predicted octanol–water partition coefficient (Wildman–Crippen LogP) is 14.7. The molecule has 0 saturated heterocycles. The van der Waals surface area contributed by atoms with Crippen molar-refractivity contribution in [3.63, 3.8) is 0 Å². The standard InChI is InChI=1S/C50H89NO3/c1-3-5-7-9-11-13-15-17-19-20-21-22-23-24-25-26-27-28-29-30-32-34-36-38-40-42-44-46-50(54)51-48(47-52)49(53)45-43-41-39-37-35-33-31-18-16-14-12-10-8-6-4-2/h5,7,11,13,17,19,21-22,35,37,43,45,48-49,52-53H,3-4,6,8-10,12,14-16,18,20,23-34,36,38-42,44,46-47H2,1-2H3,(H,51,54)/b7-5-,13-11-,19-17-,22-21-,37-35+,45-43+. The molecule has 0 aliphatic carbocycles. The van der Waals surface area contributed by atoms with E-state index in [1.807, 2.05) is 6.08 Å². The molecule has 4 nitrogen and oxygen atoms in total. The smallest absolute Gasteiger partial charge is 0.220 e.